The van der Waals surface area contributed by atoms with E-state index in [1.54, 1.807) is 12.1 Å². The molecule has 0 saturated heterocycles. The lowest BCUT2D eigenvalue weighted by atomic mass is 9.82. The van der Waals surface area contributed by atoms with Gasteiger partial charge in [-0.2, -0.15) is 0 Å². The van der Waals surface area contributed by atoms with E-state index < -0.39 is 10.0 Å². The zero-order valence-electron chi connectivity index (χ0n) is 15.6. The predicted molar refractivity (Wildman–Crippen MR) is 111 cm³/mol. The third-order valence-electron chi connectivity index (χ3n) is 5.13. The normalized spacial score (nSPS) is 19.9. The van der Waals surface area contributed by atoms with E-state index in [4.69, 9.17) is 11.6 Å². The number of sulfonamides is 1. The van der Waals surface area contributed by atoms with Crippen LogP contribution in [0.2, 0.25) is 5.02 Å². The van der Waals surface area contributed by atoms with Gasteiger partial charge in [-0.05, 0) is 49.3 Å². The summed E-state index contributed by atoms with van der Waals surface area (Å²) in [7, 11) is -3.72. The van der Waals surface area contributed by atoms with Gasteiger partial charge in [-0.25, -0.2) is 13.1 Å². The number of carbonyl (C=O) groups is 1. The van der Waals surface area contributed by atoms with Gasteiger partial charge in [0.05, 0.1) is 5.02 Å². The minimum absolute atomic E-state index is 0.0244. The molecule has 1 aliphatic rings. The molecule has 1 saturated carbocycles. The molecule has 28 heavy (non-hydrogen) atoms. The van der Waals surface area contributed by atoms with Crippen LogP contribution in [0.4, 0.5) is 0 Å². The molecule has 1 fully saturated rings. The van der Waals surface area contributed by atoms with Crippen molar-refractivity contribution in [3.63, 3.8) is 0 Å². The Bertz CT molecular complexity index is 895. The maximum atomic E-state index is 12.3. The smallest absolute Gasteiger partial charge is 0.242 e. The molecule has 0 atom stereocenters. The van der Waals surface area contributed by atoms with Gasteiger partial charge in [0.15, 0.2) is 0 Å². The second kappa shape index (κ2) is 9.54. The van der Waals surface area contributed by atoms with Crippen molar-refractivity contribution >= 4 is 27.5 Å². The van der Waals surface area contributed by atoms with E-state index in [9.17, 15) is 13.2 Å². The van der Waals surface area contributed by atoms with Crippen LogP contribution in [0, 0.1) is 0 Å². The van der Waals surface area contributed by atoms with E-state index in [0.717, 1.165) is 25.7 Å². The quantitative estimate of drug-likeness (QED) is 0.714. The average Bonchev–Trinajstić information content (AvgIpc) is 2.69. The first kappa shape index (κ1) is 20.8. The van der Waals surface area contributed by atoms with E-state index in [2.05, 4.69) is 34.3 Å². The van der Waals surface area contributed by atoms with E-state index in [1.165, 1.54) is 17.7 Å². The van der Waals surface area contributed by atoms with Crippen molar-refractivity contribution in [2.24, 2.45) is 0 Å². The Kier molecular flexibility index (Phi) is 7.10. The molecule has 0 spiro atoms. The van der Waals surface area contributed by atoms with Gasteiger partial charge in [0.25, 0.3) is 0 Å². The SMILES string of the molecule is O=C(CCNS(=O)(=O)c1ccccc1Cl)NC1CCC(c2ccccc2)CC1. The summed E-state index contributed by atoms with van der Waals surface area (Å²) in [6.07, 6.45) is 4.08. The Hall–Kier alpha value is -1.89. The summed E-state index contributed by atoms with van der Waals surface area (Å²) in [4.78, 5) is 12.2. The molecular formula is C21H25ClN2O3S. The largest absolute Gasteiger partial charge is 0.353 e. The lowest BCUT2D eigenvalue weighted by Crippen LogP contribution is -2.39. The van der Waals surface area contributed by atoms with Crippen molar-refractivity contribution in [3.8, 4) is 0 Å². The number of carbonyl (C=O) groups excluding carboxylic acids is 1. The van der Waals surface area contributed by atoms with E-state index in [1.807, 2.05) is 6.07 Å². The second-order valence-electron chi connectivity index (χ2n) is 7.10. The molecule has 3 rings (SSSR count). The van der Waals surface area contributed by atoms with Gasteiger partial charge in [-0.15, -0.1) is 0 Å². The molecule has 5 nitrogen and oxygen atoms in total. The molecule has 2 N–H and O–H groups in total. The Balaban J connectivity index is 1.41. The van der Waals surface area contributed by atoms with Crippen molar-refractivity contribution < 1.29 is 13.2 Å². The average molecular weight is 421 g/mol. The van der Waals surface area contributed by atoms with Gasteiger partial charge in [0.1, 0.15) is 4.90 Å². The van der Waals surface area contributed by atoms with Gasteiger partial charge < -0.3 is 5.32 Å². The summed E-state index contributed by atoms with van der Waals surface area (Å²) in [6.45, 7) is 0.0404. The van der Waals surface area contributed by atoms with Crippen molar-refractivity contribution in [1.29, 1.82) is 0 Å². The van der Waals surface area contributed by atoms with Crippen molar-refractivity contribution in [2.45, 2.75) is 49.0 Å². The lowest BCUT2D eigenvalue weighted by Gasteiger charge is -2.29. The monoisotopic (exact) mass is 420 g/mol. The van der Waals surface area contributed by atoms with Gasteiger partial charge in [-0.3, -0.25) is 4.79 Å². The number of halogens is 1. The zero-order valence-corrected chi connectivity index (χ0v) is 17.2. The summed E-state index contributed by atoms with van der Waals surface area (Å²) >= 11 is 5.94. The first-order chi connectivity index (χ1) is 13.5. The fourth-order valence-corrected chi connectivity index (χ4v) is 5.18. The lowest BCUT2D eigenvalue weighted by molar-refractivity contribution is -0.121. The summed E-state index contributed by atoms with van der Waals surface area (Å²) < 4.78 is 27.0. The van der Waals surface area contributed by atoms with Crippen LogP contribution in [0.15, 0.2) is 59.5 Å². The standard InChI is InChI=1S/C21H25ClN2O3S/c22-19-8-4-5-9-20(19)28(26,27)23-15-14-21(25)24-18-12-10-17(11-13-18)16-6-2-1-3-7-16/h1-9,17-18,23H,10-15H2,(H,24,25). The van der Waals surface area contributed by atoms with Crippen LogP contribution in [-0.2, 0) is 14.8 Å². The van der Waals surface area contributed by atoms with Crippen molar-refractivity contribution in [2.75, 3.05) is 6.54 Å². The van der Waals surface area contributed by atoms with Crippen molar-refractivity contribution in [3.05, 3.63) is 65.2 Å². The highest BCUT2D eigenvalue weighted by Crippen LogP contribution is 2.32. The second-order valence-corrected chi connectivity index (χ2v) is 9.25. The fraction of sp³-hybridized carbons (Fsp3) is 0.381. The summed E-state index contributed by atoms with van der Waals surface area (Å²) in [5.41, 5.74) is 1.36. The summed E-state index contributed by atoms with van der Waals surface area (Å²) in [5.74, 6) is 0.418. The van der Waals surface area contributed by atoms with Crippen LogP contribution in [0.3, 0.4) is 0 Å². The topological polar surface area (TPSA) is 75.3 Å². The Morgan fingerprint density at radius 2 is 1.61 bits per heavy atom. The van der Waals surface area contributed by atoms with Crippen LogP contribution < -0.4 is 10.0 Å². The number of benzene rings is 2. The van der Waals surface area contributed by atoms with Crippen LogP contribution in [-0.4, -0.2) is 26.9 Å². The molecule has 1 aliphatic carbocycles. The van der Waals surface area contributed by atoms with Gasteiger partial charge in [0.2, 0.25) is 15.9 Å². The maximum Gasteiger partial charge on any atom is 0.242 e. The van der Waals surface area contributed by atoms with Crippen LogP contribution >= 0.6 is 11.6 Å². The number of rotatable bonds is 7. The van der Waals surface area contributed by atoms with Crippen molar-refractivity contribution in [1.82, 2.24) is 10.0 Å². The minimum atomic E-state index is -3.72. The first-order valence-corrected chi connectivity index (χ1v) is 11.4. The molecule has 0 bridgehead atoms. The Labute approximate surface area is 171 Å². The molecule has 0 heterocycles. The molecule has 0 aromatic heterocycles. The van der Waals surface area contributed by atoms with Gasteiger partial charge in [-0.1, -0.05) is 54.1 Å². The highest BCUT2D eigenvalue weighted by Gasteiger charge is 2.23. The highest BCUT2D eigenvalue weighted by molar-refractivity contribution is 7.89. The summed E-state index contributed by atoms with van der Waals surface area (Å²) in [6, 6.07) is 16.9. The molecule has 150 valence electrons. The zero-order chi connectivity index (χ0) is 20.0. The Morgan fingerprint density at radius 3 is 2.29 bits per heavy atom. The number of hydrogen-bond acceptors (Lipinski definition) is 3. The van der Waals surface area contributed by atoms with Crippen LogP contribution in [0.25, 0.3) is 0 Å². The highest BCUT2D eigenvalue weighted by atomic mass is 35.5. The molecule has 0 aliphatic heterocycles. The number of nitrogens with one attached hydrogen (secondary N) is 2. The molecule has 0 unspecified atom stereocenters. The molecule has 7 heteroatoms. The molecule has 0 radical (unpaired) electrons. The van der Waals surface area contributed by atoms with E-state index >= 15 is 0 Å². The van der Waals surface area contributed by atoms with Gasteiger partial charge >= 0.3 is 0 Å². The number of amides is 1. The van der Waals surface area contributed by atoms with E-state index in [-0.39, 0.29) is 34.8 Å². The Morgan fingerprint density at radius 1 is 0.964 bits per heavy atom. The van der Waals surface area contributed by atoms with Gasteiger partial charge in [0, 0.05) is 19.0 Å². The minimum Gasteiger partial charge on any atom is -0.353 e. The summed E-state index contributed by atoms with van der Waals surface area (Å²) in [5, 5.41) is 3.19. The van der Waals surface area contributed by atoms with E-state index in [0.29, 0.717) is 5.92 Å². The number of hydrogen-bond donors (Lipinski definition) is 2. The maximum absolute atomic E-state index is 12.3. The van der Waals surface area contributed by atoms with Crippen LogP contribution in [0.1, 0.15) is 43.6 Å². The fourth-order valence-electron chi connectivity index (χ4n) is 3.64. The molecular weight excluding hydrogens is 396 g/mol. The molecule has 2 aromatic rings. The first-order valence-electron chi connectivity index (χ1n) is 9.54. The third kappa shape index (κ3) is 5.56. The third-order valence-corrected chi connectivity index (χ3v) is 7.09. The molecule has 1 amide bonds. The molecule has 2 aromatic carbocycles. The van der Waals surface area contributed by atoms with Crippen LogP contribution in [0.5, 0.6) is 0 Å². The predicted octanol–water partition coefficient (Wildman–Crippen LogP) is 3.85.